The van der Waals surface area contributed by atoms with Crippen LogP contribution in [0.4, 0.5) is 0 Å². The van der Waals surface area contributed by atoms with Crippen molar-refractivity contribution in [2.24, 2.45) is 5.92 Å². The summed E-state index contributed by atoms with van der Waals surface area (Å²) >= 11 is 0. The second-order valence-electron chi connectivity index (χ2n) is 4.38. The zero-order valence-electron chi connectivity index (χ0n) is 8.28. The topological polar surface area (TPSA) is 32.7 Å². The van der Waals surface area contributed by atoms with Crippen LogP contribution in [0.25, 0.3) is 0 Å². The van der Waals surface area contributed by atoms with Crippen LogP contribution in [0.15, 0.2) is 0 Å². The standard InChI is InChI=1S/C10H19NO2/c1-8-7-13-10(6-12)5-11(8)4-9-2-3-9/h8-10,12H,2-7H2,1H3. The molecule has 2 atom stereocenters. The number of hydrogen-bond acceptors (Lipinski definition) is 3. The van der Waals surface area contributed by atoms with E-state index in [2.05, 4.69) is 11.8 Å². The fourth-order valence-electron chi connectivity index (χ4n) is 1.87. The Balaban J connectivity index is 1.82. The van der Waals surface area contributed by atoms with E-state index in [1.54, 1.807) is 0 Å². The molecule has 76 valence electrons. The van der Waals surface area contributed by atoms with E-state index in [9.17, 15) is 0 Å². The van der Waals surface area contributed by atoms with Gasteiger partial charge in [-0.05, 0) is 25.7 Å². The van der Waals surface area contributed by atoms with Crippen LogP contribution in [0.2, 0.25) is 0 Å². The zero-order chi connectivity index (χ0) is 9.26. The molecule has 13 heavy (non-hydrogen) atoms. The summed E-state index contributed by atoms with van der Waals surface area (Å²) in [7, 11) is 0. The predicted molar refractivity (Wildman–Crippen MR) is 50.6 cm³/mol. The molecule has 3 heteroatoms. The highest BCUT2D eigenvalue weighted by atomic mass is 16.5. The molecule has 0 bridgehead atoms. The molecule has 1 heterocycles. The van der Waals surface area contributed by atoms with Crippen LogP contribution >= 0.6 is 0 Å². The molecule has 0 amide bonds. The van der Waals surface area contributed by atoms with Crippen LogP contribution in [0.5, 0.6) is 0 Å². The van der Waals surface area contributed by atoms with Gasteiger partial charge in [0.2, 0.25) is 0 Å². The lowest BCUT2D eigenvalue weighted by atomic mass is 10.2. The van der Waals surface area contributed by atoms with Crippen LogP contribution in [0, 0.1) is 5.92 Å². The largest absolute Gasteiger partial charge is 0.394 e. The van der Waals surface area contributed by atoms with Crippen LogP contribution < -0.4 is 0 Å². The Morgan fingerprint density at radius 3 is 2.85 bits per heavy atom. The van der Waals surface area contributed by atoms with Gasteiger partial charge in [0.15, 0.2) is 0 Å². The SMILES string of the molecule is CC1COC(CO)CN1CC1CC1. The number of rotatable bonds is 3. The maximum Gasteiger partial charge on any atom is 0.0933 e. The van der Waals surface area contributed by atoms with E-state index < -0.39 is 0 Å². The molecule has 2 aliphatic rings. The summed E-state index contributed by atoms with van der Waals surface area (Å²) in [5.41, 5.74) is 0. The molecule has 0 aromatic carbocycles. The number of aliphatic hydroxyl groups excluding tert-OH is 1. The molecule has 0 radical (unpaired) electrons. The van der Waals surface area contributed by atoms with Gasteiger partial charge in [0, 0.05) is 19.1 Å². The lowest BCUT2D eigenvalue weighted by Gasteiger charge is -2.37. The normalized spacial score (nSPS) is 36.5. The first-order chi connectivity index (χ1) is 6.29. The molecule has 0 spiro atoms. The Bertz CT molecular complexity index is 170. The van der Waals surface area contributed by atoms with Gasteiger partial charge in [0.25, 0.3) is 0 Å². The second kappa shape index (κ2) is 3.95. The van der Waals surface area contributed by atoms with E-state index in [1.165, 1.54) is 19.4 Å². The van der Waals surface area contributed by atoms with Gasteiger partial charge in [-0.25, -0.2) is 0 Å². The molecule has 1 aliphatic heterocycles. The lowest BCUT2D eigenvalue weighted by Crippen LogP contribution is -2.50. The predicted octanol–water partition coefficient (Wildman–Crippen LogP) is 0.478. The molecule has 1 N–H and O–H groups in total. The van der Waals surface area contributed by atoms with Crippen LogP contribution in [-0.2, 0) is 4.74 Å². The average molecular weight is 185 g/mol. The van der Waals surface area contributed by atoms with Gasteiger partial charge in [0.05, 0.1) is 19.3 Å². The first kappa shape index (κ1) is 9.44. The van der Waals surface area contributed by atoms with Gasteiger partial charge in [-0.15, -0.1) is 0 Å². The molecular weight excluding hydrogens is 166 g/mol. The molecule has 1 saturated carbocycles. The van der Waals surface area contributed by atoms with Crippen LogP contribution in [0.1, 0.15) is 19.8 Å². The monoisotopic (exact) mass is 185 g/mol. The van der Waals surface area contributed by atoms with Crippen LogP contribution in [-0.4, -0.2) is 48.5 Å². The minimum atomic E-state index is 0.0509. The van der Waals surface area contributed by atoms with Crippen molar-refractivity contribution in [3.63, 3.8) is 0 Å². The third kappa shape index (κ3) is 2.42. The maximum absolute atomic E-state index is 8.99. The highest BCUT2D eigenvalue weighted by molar-refractivity contribution is 4.83. The Labute approximate surface area is 79.7 Å². The van der Waals surface area contributed by atoms with Crippen molar-refractivity contribution in [2.45, 2.75) is 31.9 Å². The maximum atomic E-state index is 8.99. The van der Waals surface area contributed by atoms with Gasteiger partial charge < -0.3 is 9.84 Å². The van der Waals surface area contributed by atoms with Crippen molar-refractivity contribution in [1.82, 2.24) is 4.90 Å². The minimum Gasteiger partial charge on any atom is -0.394 e. The minimum absolute atomic E-state index is 0.0509. The van der Waals surface area contributed by atoms with Crippen molar-refractivity contribution in [1.29, 1.82) is 0 Å². The molecule has 1 saturated heterocycles. The summed E-state index contributed by atoms with van der Waals surface area (Å²) in [5, 5.41) is 8.99. The fraction of sp³-hybridized carbons (Fsp3) is 1.00. The second-order valence-corrected chi connectivity index (χ2v) is 4.38. The quantitative estimate of drug-likeness (QED) is 0.694. The molecule has 2 rings (SSSR count). The Kier molecular flexibility index (Phi) is 2.86. The van der Waals surface area contributed by atoms with E-state index >= 15 is 0 Å². The molecule has 1 aliphatic carbocycles. The van der Waals surface area contributed by atoms with E-state index in [4.69, 9.17) is 9.84 Å². The number of ether oxygens (including phenoxy) is 1. The summed E-state index contributed by atoms with van der Waals surface area (Å²) < 4.78 is 5.48. The summed E-state index contributed by atoms with van der Waals surface area (Å²) in [5.74, 6) is 0.930. The number of nitrogens with zero attached hydrogens (tertiary/aromatic N) is 1. The fourth-order valence-corrected chi connectivity index (χ4v) is 1.87. The van der Waals surface area contributed by atoms with Gasteiger partial charge in [-0.3, -0.25) is 4.90 Å². The summed E-state index contributed by atoms with van der Waals surface area (Å²) in [6.07, 6.45) is 2.84. The molecule has 2 unspecified atom stereocenters. The molecule has 2 fully saturated rings. The van der Waals surface area contributed by atoms with Gasteiger partial charge in [-0.2, -0.15) is 0 Å². The molecular formula is C10H19NO2. The number of hydrogen-bond donors (Lipinski definition) is 1. The first-order valence-corrected chi connectivity index (χ1v) is 5.26. The summed E-state index contributed by atoms with van der Waals surface area (Å²) in [6.45, 7) is 5.26. The summed E-state index contributed by atoms with van der Waals surface area (Å²) in [4.78, 5) is 2.46. The van der Waals surface area contributed by atoms with Crippen LogP contribution in [0.3, 0.4) is 0 Å². The number of aliphatic hydroxyl groups is 1. The average Bonchev–Trinajstić information content (AvgIpc) is 2.93. The first-order valence-electron chi connectivity index (χ1n) is 5.26. The highest BCUT2D eigenvalue weighted by Crippen LogP contribution is 2.31. The van der Waals surface area contributed by atoms with E-state index in [1.807, 2.05) is 0 Å². The Morgan fingerprint density at radius 1 is 1.46 bits per heavy atom. The van der Waals surface area contributed by atoms with Gasteiger partial charge in [-0.1, -0.05) is 0 Å². The van der Waals surface area contributed by atoms with Gasteiger partial charge >= 0.3 is 0 Å². The molecule has 3 nitrogen and oxygen atoms in total. The van der Waals surface area contributed by atoms with Gasteiger partial charge in [0.1, 0.15) is 0 Å². The van der Waals surface area contributed by atoms with Crippen molar-refractivity contribution >= 4 is 0 Å². The highest BCUT2D eigenvalue weighted by Gasteiger charge is 2.30. The molecule has 0 aromatic heterocycles. The van der Waals surface area contributed by atoms with Crippen molar-refractivity contribution in [3.8, 4) is 0 Å². The molecule has 0 aromatic rings. The number of morpholine rings is 1. The van der Waals surface area contributed by atoms with Crippen molar-refractivity contribution in [3.05, 3.63) is 0 Å². The lowest BCUT2D eigenvalue weighted by molar-refractivity contribution is -0.0788. The van der Waals surface area contributed by atoms with E-state index in [-0.39, 0.29) is 12.7 Å². The van der Waals surface area contributed by atoms with Crippen molar-refractivity contribution in [2.75, 3.05) is 26.3 Å². The van der Waals surface area contributed by atoms with E-state index in [0.717, 1.165) is 19.1 Å². The van der Waals surface area contributed by atoms with Crippen molar-refractivity contribution < 1.29 is 9.84 Å². The third-order valence-corrected chi connectivity index (χ3v) is 3.03. The van der Waals surface area contributed by atoms with E-state index in [0.29, 0.717) is 6.04 Å². The third-order valence-electron chi connectivity index (χ3n) is 3.03. The summed E-state index contributed by atoms with van der Waals surface area (Å²) in [6, 6.07) is 0.531. The Morgan fingerprint density at radius 2 is 2.23 bits per heavy atom. The Hall–Kier alpha value is -0.120. The zero-order valence-corrected chi connectivity index (χ0v) is 8.28. The smallest absolute Gasteiger partial charge is 0.0933 e.